The largest absolute Gasteiger partial charge is 0.486 e. The van der Waals surface area contributed by atoms with Crippen LogP contribution >= 0.6 is 22.9 Å². The number of nitrogens with zero attached hydrogens (tertiary/aromatic N) is 2. The highest BCUT2D eigenvalue weighted by atomic mass is 35.5. The van der Waals surface area contributed by atoms with Gasteiger partial charge in [-0.2, -0.15) is 0 Å². The van der Waals surface area contributed by atoms with E-state index in [0.717, 1.165) is 22.1 Å². The van der Waals surface area contributed by atoms with Crippen molar-refractivity contribution in [1.82, 2.24) is 10.2 Å². The summed E-state index contributed by atoms with van der Waals surface area (Å²) >= 11 is 7.44. The molecule has 0 aliphatic heterocycles. The molecule has 0 fully saturated rings. The number of hydrogen-bond acceptors (Lipinski definition) is 6. The standard InChI is InChI=1S/C24H16ClN3O3S/c25-18-10-4-3-9-17(18)20-12-13-21(31-20)23(29)26-24-28-27-22(32-24)14-30-19-11-5-7-15-6-1-2-8-16(15)19/h1-13H,14H2,(H,26,28,29). The van der Waals surface area contributed by atoms with Crippen molar-refractivity contribution in [1.29, 1.82) is 0 Å². The highest BCUT2D eigenvalue weighted by molar-refractivity contribution is 7.15. The minimum atomic E-state index is -0.416. The molecule has 0 aliphatic carbocycles. The van der Waals surface area contributed by atoms with Gasteiger partial charge in [0.2, 0.25) is 5.13 Å². The average molecular weight is 462 g/mol. The number of aromatic nitrogens is 2. The number of benzene rings is 3. The highest BCUT2D eigenvalue weighted by Gasteiger charge is 2.16. The summed E-state index contributed by atoms with van der Waals surface area (Å²) in [6, 6.07) is 24.5. The first-order chi connectivity index (χ1) is 15.7. The number of carbonyl (C=O) groups is 1. The molecule has 32 heavy (non-hydrogen) atoms. The zero-order valence-electron chi connectivity index (χ0n) is 16.6. The quantitative estimate of drug-likeness (QED) is 0.315. The molecule has 5 rings (SSSR count). The van der Waals surface area contributed by atoms with Gasteiger partial charge in [-0.1, -0.05) is 71.5 Å². The lowest BCUT2D eigenvalue weighted by atomic mass is 10.1. The summed E-state index contributed by atoms with van der Waals surface area (Å²) in [5.41, 5.74) is 0.719. The van der Waals surface area contributed by atoms with Crippen molar-refractivity contribution in [3.63, 3.8) is 0 Å². The Labute approximate surface area is 192 Å². The molecule has 0 saturated heterocycles. The van der Waals surface area contributed by atoms with Crippen molar-refractivity contribution in [2.75, 3.05) is 5.32 Å². The zero-order chi connectivity index (χ0) is 21.9. The summed E-state index contributed by atoms with van der Waals surface area (Å²) in [5.74, 6) is 1.03. The monoisotopic (exact) mass is 461 g/mol. The molecule has 158 valence electrons. The van der Waals surface area contributed by atoms with Gasteiger partial charge in [0.1, 0.15) is 18.1 Å². The van der Waals surface area contributed by atoms with Crippen LogP contribution in [0.25, 0.3) is 22.1 Å². The Morgan fingerprint density at radius 1 is 0.969 bits per heavy atom. The first-order valence-electron chi connectivity index (χ1n) is 9.76. The summed E-state index contributed by atoms with van der Waals surface area (Å²) in [6.07, 6.45) is 0. The van der Waals surface area contributed by atoms with E-state index in [-0.39, 0.29) is 12.4 Å². The van der Waals surface area contributed by atoms with E-state index in [1.807, 2.05) is 60.7 Å². The van der Waals surface area contributed by atoms with Gasteiger partial charge < -0.3 is 9.15 Å². The van der Waals surface area contributed by atoms with Crippen molar-refractivity contribution in [3.05, 3.63) is 94.7 Å². The van der Waals surface area contributed by atoms with Gasteiger partial charge in [-0.3, -0.25) is 10.1 Å². The average Bonchev–Trinajstić information content (AvgIpc) is 3.48. The molecule has 1 amide bonds. The molecular weight excluding hydrogens is 446 g/mol. The summed E-state index contributed by atoms with van der Waals surface area (Å²) in [5, 5.41) is 14.5. The Kier molecular flexibility index (Phi) is 5.58. The molecule has 2 aromatic heterocycles. The fourth-order valence-corrected chi connectivity index (χ4v) is 4.12. The van der Waals surface area contributed by atoms with Gasteiger partial charge in [0.05, 0.1) is 5.02 Å². The number of hydrogen-bond donors (Lipinski definition) is 1. The van der Waals surface area contributed by atoms with Gasteiger partial charge in [-0.15, -0.1) is 10.2 Å². The van der Waals surface area contributed by atoms with Gasteiger partial charge in [-0.05, 0) is 35.7 Å². The predicted octanol–water partition coefficient (Wildman–Crippen LogP) is 6.44. The molecule has 1 N–H and O–H groups in total. The topological polar surface area (TPSA) is 77.2 Å². The molecular formula is C24H16ClN3O3S. The van der Waals surface area contributed by atoms with Crippen LogP contribution in [0.4, 0.5) is 5.13 Å². The number of ether oxygens (including phenoxy) is 1. The van der Waals surface area contributed by atoms with Crippen molar-refractivity contribution >= 4 is 44.7 Å². The number of furan rings is 1. The molecule has 3 aromatic carbocycles. The van der Waals surface area contributed by atoms with E-state index in [0.29, 0.717) is 20.9 Å². The maximum atomic E-state index is 12.5. The van der Waals surface area contributed by atoms with Crippen LogP contribution in [-0.4, -0.2) is 16.1 Å². The van der Waals surface area contributed by atoms with Gasteiger partial charge >= 0.3 is 0 Å². The molecule has 0 aliphatic rings. The number of anilines is 1. The Hall–Kier alpha value is -3.68. The molecule has 0 radical (unpaired) electrons. The first kappa shape index (κ1) is 20.2. The van der Waals surface area contributed by atoms with Gasteiger partial charge in [0.25, 0.3) is 5.91 Å². The highest BCUT2D eigenvalue weighted by Crippen LogP contribution is 2.30. The summed E-state index contributed by atoms with van der Waals surface area (Å²) in [7, 11) is 0. The van der Waals surface area contributed by atoms with Crippen LogP contribution in [0.3, 0.4) is 0 Å². The lowest BCUT2D eigenvalue weighted by Gasteiger charge is -2.07. The van der Waals surface area contributed by atoms with E-state index in [2.05, 4.69) is 15.5 Å². The molecule has 0 unspecified atom stereocenters. The number of amides is 1. The number of rotatable bonds is 6. The Morgan fingerprint density at radius 2 is 1.78 bits per heavy atom. The summed E-state index contributed by atoms with van der Waals surface area (Å²) in [6.45, 7) is 0.249. The molecule has 0 saturated carbocycles. The van der Waals surface area contributed by atoms with Crippen LogP contribution in [-0.2, 0) is 6.61 Å². The summed E-state index contributed by atoms with van der Waals surface area (Å²) < 4.78 is 11.6. The van der Waals surface area contributed by atoms with Crippen molar-refractivity contribution < 1.29 is 13.9 Å². The third kappa shape index (κ3) is 4.21. The molecule has 0 bridgehead atoms. The second kappa shape index (κ2) is 8.82. The zero-order valence-corrected chi connectivity index (χ0v) is 18.2. The van der Waals surface area contributed by atoms with Crippen LogP contribution in [0.5, 0.6) is 5.75 Å². The normalized spacial score (nSPS) is 10.9. The van der Waals surface area contributed by atoms with E-state index in [4.69, 9.17) is 20.8 Å². The smallest absolute Gasteiger partial charge is 0.293 e. The second-order valence-electron chi connectivity index (χ2n) is 6.86. The number of nitrogens with one attached hydrogen (secondary N) is 1. The van der Waals surface area contributed by atoms with Crippen molar-refractivity contribution in [2.45, 2.75) is 6.61 Å². The SMILES string of the molecule is O=C(Nc1nnc(COc2cccc3ccccc23)s1)c1ccc(-c2ccccc2Cl)o1. The van der Waals surface area contributed by atoms with Crippen LogP contribution in [0.2, 0.25) is 5.02 Å². The minimum absolute atomic E-state index is 0.156. The second-order valence-corrected chi connectivity index (χ2v) is 8.33. The Morgan fingerprint density at radius 3 is 2.69 bits per heavy atom. The first-order valence-corrected chi connectivity index (χ1v) is 11.0. The fourth-order valence-electron chi connectivity index (χ4n) is 3.25. The molecule has 0 atom stereocenters. The van der Waals surface area contributed by atoms with E-state index in [1.165, 1.54) is 11.3 Å². The van der Waals surface area contributed by atoms with Crippen LogP contribution in [0.1, 0.15) is 15.6 Å². The van der Waals surface area contributed by atoms with Gasteiger partial charge in [0, 0.05) is 10.9 Å². The molecule has 2 heterocycles. The third-order valence-electron chi connectivity index (χ3n) is 4.76. The van der Waals surface area contributed by atoms with E-state index in [1.54, 1.807) is 18.2 Å². The number of fused-ring (bicyclic) bond motifs is 1. The van der Waals surface area contributed by atoms with E-state index >= 15 is 0 Å². The van der Waals surface area contributed by atoms with E-state index < -0.39 is 5.91 Å². The van der Waals surface area contributed by atoms with Crippen LogP contribution < -0.4 is 10.1 Å². The number of carbonyl (C=O) groups excluding carboxylic acids is 1. The Balaban J connectivity index is 1.24. The van der Waals surface area contributed by atoms with Crippen LogP contribution in [0, 0.1) is 0 Å². The molecule has 8 heteroatoms. The minimum Gasteiger partial charge on any atom is -0.486 e. The van der Waals surface area contributed by atoms with Gasteiger partial charge in [0.15, 0.2) is 10.8 Å². The van der Waals surface area contributed by atoms with Crippen molar-refractivity contribution in [2.24, 2.45) is 0 Å². The third-order valence-corrected chi connectivity index (χ3v) is 5.90. The van der Waals surface area contributed by atoms with Crippen LogP contribution in [0.15, 0.2) is 83.3 Å². The Bertz CT molecular complexity index is 1410. The maximum absolute atomic E-state index is 12.5. The predicted molar refractivity (Wildman–Crippen MR) is 125 cm³/mol. The van der Waals surface area contributed by atoms with Crippen molar-refractivity contribution in [3.8, 4) is 17.1 Å². The number of halogens is 1. The molecule has 5 aromatic rings. The lowest BCUT2D eigenvalue weighted by Crippen LogP contribution is -2.10. The van der Waals surface area contributed by atoms with Gasteiger partial charge in [-0.25, -0.2) is 0 Å². The maximum Gasteiger partial charge on any atom is 0.293 e. The molecule has 0 spiro atoms. The van der Waals surface area contributed by atoms with E-state index in [9.17, 15) is 4.79 Å². The lowest BCUT2D eigenvalue weighted by molar-refractivity contribution is 0.0997. The molecule has 6 nitrogen and oxygen atoms in total. The summed E-state index contributed by atoms with van der Waals surface area (Å²) in [4.78, 5) is 12.5. The fraction of sp³-hybridized carbons (Fsp3) is 0.0417.